The van der Waals surface area contributed by atoms with Crippen LogP contribution in [-0.2, 0) is 23.1 Å². The molecule has 2 atom stereocenters. The zero-order chi connectivity index (χ0) is 35.2. The summed E-state index contributed by atoms with van der Waals surface area (Å²) in [7, 11) is -0.179. The summed E-state index contributed by atoms with van der Waals surface area (Å²) < 4.78 is 34.9. The molecule has 7 nitrogen and oxygen atoms in total. The maximum atomic E-state index is 12.4. The molecule has 0 saturated heterocycles. The molecule has 0 spiro atoms. The van der Waals surface area contributed by atoms with Crippen molar-refractivity contribution in [3.05, 3.63) is 0 Å². The summed E-state index contributed by atoms with van der Waals surface area (Å²) in [5.41, 5.74) is 0. The number of hydrogen-bond donors (Lipinski definition) is 1. The van der Waals surface area contributed by atoms with Crippen LogP contribution in [0, 0.1) is 0 Å². The van der Waals surface area contributed by atoms with Crippen molar-refractivity contribution in [1.29, 1.82) is 0 Å². The molecule has 290 valence electrons. The van der Waals surface area contributed by atoms with Crippen LogP contribution in [0.4, 0.5) is 0 Å². The molecule has 0 aromatic carbocycles. The minimum absolute atomic E-state index is 0.00119. The maximum absolute atomic E-state index is 12.4. The van der Waals surface area contributed by atoms with Gasteiger partial charge >= 0.3 is 7.82 Å². The van der Waals surface area contributed by atoms with Gasteiger partial charge in [-0.25, -0.2) is 4.57 Å². The van der Waals surface area contributed by atoms with Gasteiger partial charge in [0.1, 0.15) is 6.10 Å². The van der Waals surface area contributed by atoms with Gasteiger partial charge in [0.2, 0.25) is 0 Å². The highest BCUT2D eigenvalue weighted by atomic mass is 31.2. The van der Waals surface area contributed by atoms with E-state index < -0.39 is 7.82 Å². The molecule has 8 heteroatoms. The summed E-state index contributed by atoms with van der Waals surface area (Å²) in [6.45, 7) is 7.21. The molecule has 0 bridgehead atoms. The molecule has 48 heavy (non-hydrogen) atoms. The van der Waals surface area contributed by atoms with Crippen molar-refractivity contribution in [2.75, 3.05) is 53.7 Å². The summed E-state index contributed by atoms with van der Waals surface area (Å²) in [6, 6.07) is 0. The highest BCUT2D eigenvalue weighted by Gasteiger charge is 2.23. The number of phosphoric acid groups is 1. The van der Waals surface area contributed by atoms with Gasteiger partial charge in [-0.2, -0.15) is 0 Å². The van der Waals surface area contributed by atoms with E-state index in [1.165, 1.54) is 161 Å². The van der Waals surface area contributed by atoms with E-state index in [2.05, 4.69) is 13.8 Å². The zero-order valence-corrected chi connectivity index (χ0v) is 33.6. The first kappa shape index (κ1) is 48.0. The predicted molar refractivity (Wildman–Crippen MR) is 206 cm³/mol. The fourth-order valence-electron chi connectivity index (χ4n) is 6.08. The molecule has 0 aromatic rings. The van der Waals surface area contributed by atoms with Crippen LogP contribution in [0.1, 0.15) is 200 Å². The number of ether oxygens (including phenoxy) is 2. The molecule has 0 aromatic heterocycles. The van der Waals surface area contributed by atoms with Gasteiger partial charge in [-0.15, -0.1) is 0 Å². The summed E-state index contributed by atoms with van der Waals surface area (Å²) >= 11 is 0. The van der Waals surface area contributed by atoms with Gasteiger partial charge in [-0.3, -0.25) is 9.05 Å². The van der Waals surface area contributed by atoms with Crippen molar-refractivity contribution in [3.8, 4) is 0 Å². The minimum atomic E-state index is -4.11. The third-order valence-corrected chi connectivity index (χ3v) is 10.2. The third kappa shape index (κ3) is 38.8. The Bertz CT molecular complexity index is 668. The first-order valence-corrected chi connectivity index (χ1v) is 22.4. The lowest BCUT2D eigenvalue weighted by atomic mass is 10.0. The molecule has 0 amide bonds. The Hall–Kier alpha value is -0.0100. The monoisotopic (exact) mass is 706 g/mol. The summed E-state index contributed by atoms with van der Waals surface area (Å²) in [4.78, 5) is 12.2. The van der Waals surface area contributed by atoms with Crippen LogP contribution in [0.25, 0.3) is 0 Å². The van der Waals surface area contributed by atoms with Crippen molar-refractivity contribution >= 4 is 7.82 Å². The lowest BCUT2D eigenvalue weighted by molar-refractivity contribution is -0.0444. The number of rotatable bonds is 41. The van der Waals surface area contributed by atoms with Crippen molar-refractivity contribution in [3.63, 3.8) is 0 Å². The highest BCUT2D eigenvalue weighted by Crippen LogP contribution is 2.43. The van der Waals surface area contributed by atoms with E-state index >= 15 is 0 Å². The van der Waals surface area contributed by atoms with E-state index in [0.29, 0.717) is 26.2 Å². The van der Waals surface area contributed by atoms with Crippen LogP contribution < -0.4 is 0 Å². The third-order valence-electron chi connectivity index (χ3n) is 9.23. The molecule has 0 heterocycles. The Morgan fingerprint density at radius 1 is 0.479 bits per heavy atom. The van der Waals surface area contributed by atoms with E-state index in [0.717, 1.165) is 25.8 Å². The molecule has 0 rings (SSSR count). The number of hydrogen-bond acceptors (Lipinski definition) is 6. The summed E-state index contributed by atoms with van der Waals surface area (Å²) in [6.07, 6.45) is 37.5. The molecule has 0 radical (unpaired) electrons. The van der Waals surface area contributed by atoms with Gasteiger partial charge in [-0.05, 0) is 39.9 Å². The predicted octanol–water partition coefficient (Wildman–Crippen LogP) is 12.4. The molecule has 0 aliphatic heterocycles. The first-order chi connectivity index (χ1) is 23.4. The number of unbranched alkanes of at least 4 members (excludes halogenated alkanes) is 26. The average molecular weight is 706 g/mol. The quantitative estimate of drug-likeness (QED) is 0.0501. The van der Waals surface area contributed by atoms with Crippen molar-refractivity contribution in [2.24, 2.45) is 0 Å². The Morgan fingerprint density at radius 2 is 0.854 bits per heavy atom. The van der Waals surface area contributed by atoms with E-state index in [4.69, 9.17) is 18.5 Å². The van der Waals surface area contributed by atoms with Gasteiger partial charge < -0.3 is 19.3 Å². The second kappa shape index (κ2) is 38.2. The molecule has 0 aliphatic rings. The van der Waals surface area contributed by atoms with Gasteiger partial charge in [0.25, 0.3) is 0 Å². The molecule has 0 aliphatic carbocycles. The van der Waals surface area contributed by atoms with Crippen LogP contribution in [0.15, 0.2) is 0 Å². The van der Waals surface area contributed by atoms with Crippen molar-refractivity contribution < 1.29 is 28.0 Å². The molecule has 0 saturated carbocycles. The SMILES string of the molecule is CCCCCCCCCCCCCCCCOC[C@H](COP(=O)(O)OCCCN(C)C)OCCCCCCCCCCCCCCCC. The average Bonchev–Trinajstić information content (AvgIpc) is 3.06. The normalized spacial score (nSPS) is 13.8. The van der Waals surface area contributed by atoms with Crippen LogP contribution in [0.3, 0.4) is 0 Å². The van der Waals surface area contributed by atoms with Crippen LogP contribution in [-0.4, -0.2) is 69.6 Å². The van der Waals surface area contributed by atoms with Gasteiger partial charge in [-0.1, -0.05) is 181 Å². The van der Waals surface area contributed by atoms with Crippen molar-refractivity contribution in [1.82, 2.24) is 4.90 Å². The lowest BCUT2D eigenvalue weighted by Gasteiger charge is -2.20. The maximum Gasteiger partial charge on any atom is 0.472 e. The largest absolute Gasteiger partial charge is 0.472 e. The minimum Gasteiger partial charge on any atom is -0.379 e. The Kier molecular flexibility index (Phi) is 38.2. The second-order valence-corrected chi connectivity index (χ2v) is 16.0. The highest BCUT2D eigenvalue weighted by molar-refractivity contribution is 7.47. The molecule has 1 N–H and O–H groups in total. The van der Waals surface area contributed by atoms with Gasteiger partial charge in [0.15, 0.2) is 0 Å². The summed E-state index contributed by atoms with van der Waals surface area (Å²) in [5, 5.41) is 0. The molecular weight excluding hydrogens is 621 g/mol. The van der Waals surface area contributed by atoms with E-state index in [9.17, 15) is 9.46 Å². The van der Waals surface area contributed by atoms with Crippen molar-refractivity contribution in [2.45, 2.75) is 206 Å². The topological polar surface area (TPSA) is 77.5 Å². The Balaban J connectivity index is 4.05. The van der Waals surface area contributed by atoms with Crippen LogP contribution >= 0.6 is 7.82 Å². The summed E-state index contributed by atoms with van der Waals surface area (Å²) in [5.74, 6) is 0. The number of phosphoric ester groups is 1. The molecule has 1 unspecified atom stereocenters. The Labute approximate surface area is 300 Å². The van der Waals surface area contributed by atoms with Crippen LogP contribution in [0.5, 0.6) is 0 Å². The molecular formula is C40H84NO6P. The van der Waals surface area contributed by atoms with E-state index in [-0.39, 0.29) is 19.3 Å². The standard InChI is InChI=1S/C40H84NO6P/c1-5-7-9-11-13-15-17-19-21-23-25-27-29-31-35-44-38-40(39-47-48(42,43)46-37-33-34-41(3)4)45-36-32-30-28-26-24-22-20-18-16-14-12-10-8-6-2/h40H,5-39H2,1-4H3,(H,42,43)/t40-/m1/s1. The van der Waals surface area contributed by atoms with E-state index in [1.807, 2.05) is 19.0 Å². The zero-order valence-electron chi connectivity index (χ0n) is 32.7. The Morgan fingerprint density at radius 3 is 1.25 bits per heavy atom. The smallest absolute Gasteiger partial charge is 0.379 e. The van der Waals surface area contributed by atoms with Gasteiger partial charge in [0, 0.05) is 13.2 Å². The fraction of sp³-hybridized carbons (Fsp3) is 1.00. The number of nitrogens with zero attached hydrogens (tertiary/aromatic N) is 1. The molecule has 0 fully saturated rings. The second-order valence-electron chi connectivity index (χ2n) is 14.5. The first-order valence-electron chi connectivity index (χ1n) is 20.9. The van der Waals surface area contributed by atoms with Crippen LogP contribution in [0.2, 0.25) is 0 Å². The lowest BCUT2D eigenvalue weighted by Crippen LogP contribution is -2.26. The fourth-order valence-corrected chi connectivity index (χ4v) is 6.87. The van der Waals surface area contributed by atoms with Gasteiger partial charge in [0.05, 0.1) is 19.8 Å². The van der Waals surface area contributed by atoms with E-state index in [1.54, 1.807) is 0 Å².